The molecule has 1 aromatic rings. The van der Waals surface area contributed by atoms with Gasteiger partial charge in [-0.3, -0.25) is 9.80 Å². The van der Waals surface area contributed by atoms with Crippen molar-refractivity contribution >= 4 is 12.1 Å². The number of likely N-dealkylation sites (tertiary alicyclic amines) is 1. The standard InChI is InChI=1S/C14H16N2O4/c17-13(18)12-5-11(8-16(12)14(19)20)15-6-9-3-1-2-4-10(9)7-15/h1-4,11-12H,5-8H2,(H,17,18)(H,19,20)/t11-,12+/m1/s1. The smallest absolute Gasteiger partial charge is 0.408 e. The largest absolute Gasteiger partial charge is 0.480 e. The Morgan fingerprint density at radius 2 is 1.70 bits per heavy atom. The number of carboxylic acid groups (broad SMARTS) is 2. The van der Waals surface area contributed by atoms with Crippen molar-refractivity contribution < 1.29 is 19.8 Å². The first-order valence-electron chi connectivity index (χ1n) is 6.59. The van der Waals surface area contributed by atoms with Crippen LogP contribution in [0.15, 0.2) is 24.3 Å². The highest BCUT2D eigenvalue weighted by atomic mass is 16.4. The Hall–Kier alpha value is -2.08. The third kappa shape index (κ3) is 2.12. The molecule has 2 aliphatic rings. The Balaban J connectivity index is 1.74. The molecule has 0 bridgehead atoms. The molecule has 1 amide bonds. The zero-order chi connectivity index (χ0) is 14.3. The van der Waals surface area contributed by atoms with Gasteiger partial charge in [0.25, 0.3) is 0 Å². The summed E-state index contributed by atoms with van der Waals surface area (Å²) in [6, 6.07) is 7.14. The Morgan fingerprint density at radius 1 is 1.10 bits per heavy atom. The van der Waals surface area contributed by atoms with Gasteiger partial charge in [0.05, 0.1) is 0 Å². The lowest BCUT2D eigenvalue weighted by atomic mass is 10.1. The van der Waals surface area contributed by atoms with Crippen LogP contribution in [0.25, 0.3) is 0 Å². The summed E-state index contributed by atoms with van der Waals surface area (Å²) in [5.41, 5.74) is 2.49. The quantitative estimate of drug-likeness (QED) is 0.848. The van der Waals surface area contributed by atoms with Crippen molar-refractivity contribution in [1.29, 1.82) is 0 Å². The fourth-order valence-electron chi connectivity index (χ4n) is 3.14. The van der Waals surface area contributed by atoms with Gasteiger partial charge in [-0.05, 0) is 17.5 Å². The molecule has 6 nitrogen and oxygen atoms in total. The van der Waals surface area contributed by atoms with Crippen LogP contribution in [0.1, 0.15) is 17.5 Å². The Morgan fingerprint density at radius 3 is 2.15 bits per heavy atom. The molecule has 0 saturated carbocycles. The Kier molecular flexibility index (Phi) is 3.10. The van der Waals surface area contributed by atoms with Gasteiger partial charge in [-0.25, -0.2) is 9.59 Å². The average Bonchev–Trinajstić information content (AvgIpc) is 3.02. The summed E-state index contributed by atoms with van der Waals surface area (Å²) in [6.07, 6.45) is -0.799. The van der Waals surface area contributed by atoms with Gasteiger partial charge in [0.15, 0.2) is 0 Å². The maximum absolute atomic E-state index is 11.2. The van der Waals surface area contributed by atoms with Crippen molar-refractivity contribution in [1.82, 2.24) is 9.80 Å². The zero-order valence-corrected chi connectivity index (χ0v) is 10.9. The summed E-state index contributed by atoms with van der Waals surface area (Å²) in [6.45, 7) is 1.79. The lowest BCUT2D eigenvalue weighted by Crippen LogP contribution is -2.40. The van der Waals surface area contributed by atoms with Gasteiger partial charge >= 0.3 is 12.1 Å². The van der Waals surface area contributed by atoms with E-state index in [0.29, 0.717) is 6.42 Å². The van der Waals surface area contributed by atoms with E-state index in [1.54, 1.807) is 0 Å². The average molecular weight is 276 g/mol. The molecule has 2 heterocycles. The number of amides is 1. The minimum atomic E-state index is -1.16. The monoisotopic (exact) mass is 276 g/mol. The van der Waals surface area contributed by atoms with Crippen molar-refractivity contribution in [2.75, 3.05) is 6.54 Å². The molecule has 0 aromatic heterocycles. The molecule has 20 heavy (non-hydrogen) atoms. The van der Waals surface area contributed by atoms with E-state index in [9.17, 15) is 9.59 Å². The second kappa shape index (κ2) is 4.79. The molecule has 3 rings (SSSR count). The topological polar surface area (TPSA) is 81.1 Å². The van der Waals surface area contributed by atoms with Gasteiger partial charge in [-0.2, -0.15) is 0 Å². The van der Waals surface area contributed by atoms with Crippen LogP contribution in [0.4, 0.5) is 4.79 Å². The lowest BCUT2D eigenvalue weighted by molar-refractivity contribution is -0.141. The van der Waals surface area contributed by atoms with E-state index in [1.807, 2.05) is 12.1 Å². The van der Waals surface area contributed by atoms with E-state index in [4.69, 9.17) is 10.2 Å². The lowest BCUT2D eigenvalue weighted by Gasteiger charge is -2.22. The maximum Gasteiger partial charge on any atom is 0.408 e. The van der Waals surface area contributed by atoms with E-state index >= 15 is 0 Å². The molecular weight excluding hydrogens is 260 g/mol. The van der Waals surface area contributed by atoms with Crippen LogP contribution in [0.3, 0.4) is 0 Å². The van der Waals surface area contributed by atoms with Crippen LogP contribution in [0.5, 0.6) is 0 Å². The number of fused-ring (bicyclic) bond motifs is 1. The van der Waals surface area contributed by atoms with Crippen molar-refractivity contribution in [2.45, 2.75) is 31.6 Å². The SMILES string of the molecule is O=C(O)[C@@H]1C[C@@H](N2Cc3ccccc3C2)CN1C(=O)O. The molecule has 1 saturated heterocycles. The van der Waals surface area contributed by atoms with Crippen LogP contribution >= 0.6 is 0 Å². The summed E-state index contributed by atoms with van der Waals surface area (Å²) in [4.78, 5) is 25.5. The van der Waals surface area contributed by atoms with E-state index < -0.39 is 18.1 Å². The fourth-order valence-corrected chi connectivity index (χ4v) is 3.14. The van der Waals surface area contributed by atoms with E-state index in [0.717, 1.165) is 18.0 Å². The van der Waals surface area contributed by atoms with Crippen LogP contribution in [-0.4, -0.2) is 50.7 Å². The van der Waals surface area contributed by atoms with E-state index in [1.165, 1.54) is 11.1 Å². The molecule has 0 aliphatic carbocycles. The fraction of sp³-hybridized carbons (Fsp3) is 0.429. The van der Waals surface area contributed by atoms with Gasteiger partial charge in [-0.15, -0.1) is 0 Å². The number of carboxylic acids is 1. The molecule has 6 heteroatoms. The molecule has 1 aromatic carbocycles. The van der Waals surface area contributed by atoms with Gasteiger partial charge in [0.1, 0.15) is 6.04 Å². The molecule has 2 aliphatic heterocycles. The van der Waals surface area contributed by atoms with Gasteiger partial charge in [0.2, 0.25) is 0 Å². The summed E-state index contributed by atoms with van der Waals surface area (Å²) >= 11 is 0. The van der Waals surface area contributed by atoms with Crippen molar-refractivity contribution in [3.8, 4) is 0 Å². The summed E-state index contributed by atoms with van der Waals surface area (Å²) in [7, 11) is 0. The minimum absolute atomic E-state index is 0.0281. The minimum Gasteiger partial charge on any atom is -0.480 e. The number of rotatable bonds is 2. The predicted octanol–water partition coefficient (Wildman–Crippen LogP) is 1.21. The molecule has 0 spiro atoms. The normalized spacial score (nSPS) is 25.7. The molecular formula is C14H16N2O4. The summed E-state index contributed by atoms with van der Waals surface area (Å²) in [5.74, 6) is -1.06. The third-order valence-corrected chi connectivity index (χ3v) is 4.19. The highest BCUT2D eigenvalue weighted by Crippen LogP contribution is 2.30. The molecule has 0 radical (unpaired) electrons. The molecule has 106 valence electrons. The molecule has 2 atom stereocenters. The van der Waals surface area contributed by atoms with Crippen molar-refractivity contribution in [3.05, 3.63) is 35.4 Å². The van der Waals surface area contributed by atoms with Crippen LogP contribution in [0, 0.1) is 0 Å². The second-order valence-electron chi connectivity index (χ2n) is 5.35. The number of nitrogens with zero attached hydrogens (tertiary/aromatic N) is 2. The first kappa shape index (κ1) is 12.9. The van der Waals surface area contributed by atoms with Crippen LogP contribution in [0.2, 0.25) is 0 Å². The molecule has 2 N–H and O–H groups in total. The summed E-state index contributed by atoms with van der Waals surface area (Å²) < 4.78 is 0. The predicted molar refractivity (Wildman–Crippen MR) is 70.2 cm³/mol. The number of hydrogen-bond acceptors (Lipinski definition) is 3. The number of benzene rings is 1. The van der Waals surface area contributed by atoms with Crippen molar-refractivity contribution in [3.63, 3.8) is 0 Å². The van der Waals surface area contributed by atoms with E-state index in [-0.39, 0.29) is 12.6 Å². The third-order valence-electron chi connectivity index (χ3n) is 4.19. The van der Waals surface area contributed by atoms with E-state index in [2.05, 4.69) is 17.0 Å². The van der Waals surface area contributed by atoms with Gasteiger partial charge in [0, 0.05) is 25.7 Å². The highest BCUT2D eigenvalue weighted by Gasteiger charge is 2.42. The molecule has 0 unspecified atom stereocenters. The number of hydrogen-bond donors (Lipinski definition) is 2. The molecule has 1 fully saturated rings. The second-order valence-corrected chi connectivity index (χ2v) is 5.35. The Bertz CT molecular complexity index is 513. The van der Waals surface area contributed by atoms with Gasteiger partial charge < -0.3 is 10.2 Å². The zero-order valence-electron chi connectivity index (χ0n) is 10.9. The van der Waals surface area contributed by atoms with Crippen LogP contribution in [-0.2, 0) is 17.9 Å². The van der Waals surface area contributed by atoms with Crippen LogP contribution < -0.4 is 0 Å². The van der Waals surface area contributed by atoms with Gasteiger partial charge in [-0.1, -0.05) is 24.3 Å². The Labute approximate surface area is 116 Å². The first-order chi connectivity index (χ1) is 9.56. The number of aliphatic carboxylic acids is 1. The summed E-state index contributed by atoms with van der Waals surface area (Å²) in [5, 5.41) is 18.3. The van der Waals surface area contributed by atoms with Crippen molar-refractivity contribution in [2.24, 2.45) is 0 Å². The first-order valence-corrected chi connectivity index (χ1v) is 6.59. The highest BCUT2D eigenvalue weighted by molar-refractivity contribution is 5.80. The number of carbonyl (C=O) groups is 2. The maximum atomic E-state index is 11.2.